The number of ketones is 1. The molecule has 0 fully saturated rings. The molecule has 1 N–H and O–H groups in total. The van der Waals surface area contributed by atoms with Gasteiger partial charge in [-0.15, -0.1) is 0 Å². The molecule has 2 rings (SSSR count). The number of carbonyl (C=O) groups excluding carboxylic acids is 3. The molecule has 1 atom stereocenters. The van der Waals surface area contributed by atoms with E-state index >= 15 is 0 Å². The number of nitrogens with zero attached hydrogens (tertiary/aromatic N) is 1. The Hall–Kier alpha value is -2.28. The van der Waals surface area contributed by atoms with Crippen molar-refractivity contribution >= 4 is 29.6 Å². The van der Waals surface area contributed by atoms with E-state index in [1.165, 1.54) is 0 Å². The van der Waals surface area contributed by atoms with Crippen molar-refractivity contribution in [2.45, 2.75) is 58.8 Å². The molecule has 0 spiro atoms. The van der Waals surface area contributed by atoms with Crippen LogP contribution in [0.4, 0.5) is 9.59 Å². The lowest BCUT2D eigenvalue weighted by atomic mass is 9.87. The van der Waals surface area contributed by atoms with Crippen LogP contribution in [-0.4, -0.2) is 41.2 Å². The summed E-state index contributed by atoms with van der Waals surface area (Å²) < 4.78 is 10.2. The predicted octanol–water partition coefficient (Wildman–Crippen LogP) is 3.73. The summed E-state index contributed by atoms with van der Waals surface area (Å²) in [5.41, 5.74) is 3.64. The molecular formula is C18H23ClN2O5. The van der Waals surface area contributed by atoms with E-state index in [2.05, 4.69) is 5.43 Å². The predicted molar refractivity (Wildman–Crippen MR) is 96.1 cm³/mol. The minimum atomic E-state index is -0.896. The normalized spacial score (nSPS) is 16.3. The highest BCUT2D eigenvalue weighted by Crippen LogP contribution is 2.27. The number of Topliss-reactive ketones (excluding diaryl/α,β-unsaturated/α-hetero) is 1. The maximum atomic E-state index is 12.9. The molecule has 8 heteroatoms. The summed E-state index contributed by atoms with van der Waals surface area (Å²) in [5, 5.41) is 1.35. The molecule has 2 amide bonds. The highest BCUT2D eigenvalue weighted by molar-refractivity contribution is 6.31. The van der Waals surface area contributed by atoms with Gasteiger partial charge in [0.25, 0.3) is 0 Å². The van der Waals surface area contributed by atoms with Gasteiger partial charge in [0.1, 0.15) is 6.04 Å². The zero-order valence-corrected chi connectivity index (χ0v) is 16.0. The topological polar surface area (TPSA) is 84.9 Å². The molecule has 7 nitrogen and oxygen atoms in total. The number of aryl methyl sites for hydroxylation is 1. The van der Waals surface area contributed by atoms with Crippen molar-refractivity contribution in [2.24, 2.45) is 0 Å². The lowest BCUT2D eigenvalue weighted by Crippen LogP contribution is -2.56. The number of benzene rings is 1. The first-order valence-electron chi connectivity index (χ1n) is 8.48. The van der Waals surface area contributed by atoms with Gasteiger partial charge in [0.2, 0.25) is 0 Å². The molecular weight excluding hydrogens is 360 g/mol. The van der Waals surface area contributed by atoms with Gasteiger partial charge < -0.3 is 9.47 Å². The van der Waals surface area contributed by atoms with E-state index in [1.54, 1.807) is 45.9 Å². The molecule has 0 bridgehead atoms. The average Bonchev–Trinajstić information content (AvgIpc) is 2.52. The Balaban J connectivity index is 2.28. The van der Waals surface area contributed by atoms with Crippen LogP contribution in [0.3, 0.4) is 0 Å². The van der Waals surface area contributed by atoms with Crippen LogP contribution < -0.4 is 5.43 Å². The van der Waals surface area contributed by atoms with Crippen LogP contribution in [0.25, 0.3) is 0 Å². The van der Waals surface area contributed by atoms with E-state index in [0.717, 1.165) is 10.6 Å². The second kappa shape index (κ2) is 8.40. The second-order valence-corrected chi connectivity index (χ2v) is 7.03. The quantitative estimate of drug-likeness (QED) is 0.805. The van der Waals surface area contributed by atoms with Gasteiger partial charge in [-0.05, 0) is 58.2 Å². The number of carbonyl (C=O) groups is 3. The maximum absolute atomic E-state index is 12.9. The number of hydrogen-bond donors (Lipinski definition) is 1. The van der Waals surface area contributed by atoms with Crippen LogP contribution in [0, 0.1) is 0 Å². The van der Waals surface area contributed by atoms with Gasteiger partial charge in [0.05, 0.1) is 12.2 Å². The second-order valence-electron chi connectivity index (χ2n) is 6.59. The molecule has 0 saturated carbocycles. The zero-order valence-electron chi connectivity index (χ0n) is 15.2. The molecule has 0 unspecified atom stereocenters. The van der Waals surface area contributed by atoms with E-state index in [0.29, 0.717) is 23.4 Å². The Morgan fingerprint density at radius 3 is 2.46 bits per heavy atom. The van der Waals surface area contributed by atoms with Gasteiger partial charge in [-0.2, -0.15) is 0 Å². The summed E-state index contributed by atoms with van der Waals surface area (Å²) in [7, 11) is 0. The Morgan fingerprint density at radius 2 is 1.85 bits per heavy atom. The van der Waals surface area contributed by atoms with Crippen molar-refractivity contribution in [1.29, 1.82) is 0 Å². The molecule has 1 aromatic rings. The molecule has 26 heavy (non-hydrogen) atoms. The molecule has 0 saturated heterocycles. The third kappa shape index (κ3) is 4.88. The minimum Gasteiger partial charge on any atom is -0.446 e. The summed E-state index contributed by atoms with van der Waals surface area (Å²) in [6, 6.07) is 4.19. The minimum absolute atomic E-state index is 0.306. The summed E-state index contributed by atoms with van der Waals surface area (Å²) in [5.74, 6) is -0.306. The zero-order chi connectivity index (χ0) is 19.4. The molecule has 1 aliphatic rings. The Bertz CT molecular complexity index is 705. The number of halogens is 1. The fraction of sp³-hybridized carbons (Fsp3) is 0.500. The first kappa shape index (κ1) is 20.0. The van der Waals surface area contributed by atoms with Crippen LogP contribution >= 0.6 is 11.6 Å². The van der Waals surface area contributed by atoms with Gasteiger partial charge in [0, 0.05) is 10.6 Å². The number of fused-ring (bicyclic) bond motifs is 1. The van der Waals surface area contributed by atoms with Crippen molar-refractivity contribution in [3.63, 3.8) is 0 Å². The van der Waals surface area contributed by atoms with Crippen LogP contribution in [0.2, 0.25) is 5.02 Å². The molecule has 0 aliphatic heterocycles. The van der Waals surface area contributed by atoms with Crippen molar-refractivity contribution in [3.8, 4) is 0 Å². The SMILES string of the molecule is CC(C)OC(=O)NN(C(=O)OC(C)C)[C@H]1CCc2ccc(Cl)cc2C1=O. The summed E-state index contributed by atoms with van der Waals surface area (Å²) in [6.45, 7) is 6.72. The third-order valence-corrected chi connectivity index (χ3v) is 3.96. The highest BCUT2D eigenvalue weighted by atomic mass is 35.5. The summed E-state index contributed by atoms with van der Waals surface area (Å²) in [4.78, 5) is 37.3. The third-order valence-electron chi connectivity index (χ3n) is 3.73. The number of hydrazine groups is 1. The smallest absolute Gasteiger partial charge is 0.429 e. The van der Waals surface area contributed by atoms with Crippen LogP contribution in [0.5, 0.6) is 0 Å². The molecule has 0 aromatic heterocycles. The first-order valence-corrected chi connectivity index (χ1v) is 8.86. The van der Waals surface area contributed by atoms with Crippen molar-refractivity contribution in [2.75, 3.05) is 0 Å². The molecule has 1 aromatic carbocycles. The average molecular weight is 383 g/mol. The lowest BCUT2D eigenvalue weighted by molar-refractivity contribution is 0.0279. The number of amides is 2. The van der Waals surface area contributed by atoms with Crippen LogP contribution in [0.1, 0.15) is 50.0 Å². The molecule has 1 aliphatic carbocycles. The number of ether oxygens (including phenoxy) is 2. The number of nitrogens with one attached hydrogen (secondary N) is 1. The van der Waals surface area contributed by atoms with Gasteiger partial charge in [-0.3, -0.25) is 4.79 Å². The highest BCUT2D eigenvalue weighted by Gasteiger charge is 2.37. The fourth-order valence-electron chi connectivity index (χ4n) is 2.69. The fourth-order valence-corrected chi connectivity index (χ4v) is 2.87. The Labute approximate surface area is 157 Å². The Kier molecular flexibility index (Phi) is 6.47. The van der Waals surface area contributed by atoms with Gasteiger partial charge in [0.15, 0.2) is 5.78 Å². The number of rotatable bonds is 3. The van der Waals surface area contributed by atoms with Crippen molar-refractivity contribution in [3.05, 3.63) is 34.3 Å². The van der Waals surface area contributed by atoms with E-state index in [-0.39, 0.29) is 11.9 Å². The van der Waals surface area contributed by atoms with Crippen molar-refractivity contribution < 1.29 is 23.9 Å². The first-order chi connectivity index (χ1) is 12.2. The Morgan fingerprint density at radius 1 is 1.19 bits per heavy atom. The monoisotopic (exact) mass is 382 g/mol. The van der Waals surface area contributed by atoms with Crippen LogP contribution in [0.15, 0.2) is 18.2 Å². The van der Waals surface area contributed by atoms with Gasteiger partial charge >= 0.3 is 12.2 Å². The number of hydrogen-bond acceptors (Lipinski definition) is 5. The van der Waals surface area contributed by atoms with E-state index in [1.807, 2.05) is 0 Å². The van der Waals surface area contributed by atoms with Gasteiger partial charge in [-0.25, -0.2) is 20.0 Å². The van der Waals surface area contributed by atoms with E-state index in [9.17, 15) is 14.4 Å². The molecule has 0 heterocycles. The van der Waals surface area contributed by atoms with Gasteiger partial charge in [-0.1, -0.05) is 17.7 Å². The van der Waals surface area contributed by atoms with E-state index < -0.39 is 24.3 Å². The summed E-state index contributed by atoms with van der Waals surface area (Å²) in [6.07, 6.45) is -1.51. The molecule has 142 valence electrons. The largest absolute Gasteiger partial charge is 0.446 e. The van der Waals surface area contributed by atoms with E-state index in [4.69, 9.17) is 21.1 Å². The van der Waals surface area contributed by atoms with Crippen LogP contribution in [-0.2, 0) is 15.9 Å². The van der Waals surface area contributed by atoms with Crippen molar-refractivity contribution in [1.82, 2.24) is 10.4 Å². The maximum Gasteiger partial charge on any atom is 0.429 e. The summed E-state index contributed by atoms with van der Waals surface area (Å²) >= 11 is 6.00. The standard InChI is InChI=1S/C18H23ClN2O5/c1-10(2)25-17(23)20-21(18(24)26-11(3)4)15-8-6-12-5-7-13(19)9-14(12)16(15)22/h5,7,9-11,15H,6,8H2,1-4H3,(H,20,23)/t15-/m0/s1. The lowest BCUT2D eigenvalue weighted by Gasteiger charge is -2.33. The molecule has 0 radical (unpaired) electrons.